The zero-order valence-corrected chi connectivity index (χ0v) is 14.8. The van der Waals surface area contributed by atoms with Crippen molar-refractivity contribution in [1.29, 1.82) is 0 Å². The average molecular weight is 355 g/mol. The molecule has 1 heterocycles. The predicted octanol–water partition coefficient (Wildman–Crippen LogP) is 3.81. The molecule has 1 aromatic rings. The summed E-state index contributed by atoms with van der Waals surface area (Å²) in [6, 6.07) is 6.67. The van der Waals surface area contributed by atoms with Gasteiger partial charge in [-0.3, -0.25) is 0 Å². The molecule has 1 fully saturated rings. The fraction of sp³-hybridized carbons (Fsp3) is 0.647. The smallest absolute Gasteiger partial charge is 0.0511 e. The summed E-state index contributed by atoms with van der Waals surface area (Å²) in [7, 11) is 2.17. The van der Waals surface area contributed by atoms with Gasteiger partial charge in [0.2, 0.25) is 0 Å². The highest BCUT2D eigenvalue weighted by Gasteiger charge is 2.16. The third-order valence-electron chi connectivity index (χ3n) is 4.01. The Morgan fingerprint density at radius 3 is 2.95 bits per heavy atom. The Labute approximate surface area is 137 Å². The van der Waals surface area contributed by atoms with Crippen molar-refractivity contribution in [2.24, 2.45) is 5.92 Å². The van der Waals surface area contributed by atoms with Crippen molar-refractivity contribution >= 4 is 21.6 Å². The number of rotatable bonds is 7. The largest absolute Gasteiger partial charge is 0.381 e. The van der Waals surface area contributed by atoms with Crippen molar-refractivity contribution in [2.75, 3.05) is 38.3 Å². The summed E-state index contributed by atoms with van der Waals surface area (Å²) in [5.41, 5.74) is 2.59. The first-order chi connectivity index (χ1) is 10.2. The van der Waals surface area contributed by atoms with Crippen molar-refractivity contribution in [1.82, 2.24) is 5.32 Å². The molecule has 4 heteroatoms. The lowest BCUT2D eigenvalue weighted by atomic mass is 10.0. The minimum Gasteiger partial charge on any atom is -0.381 e. The van der Waals surface area contributed by atoms with E-state index in [-0.39, 0.29) is 0 Å². The fourth-order valence-corrected chi connectivity index (χ4v) is 3.27. The number of anilines is 1. The molecule has 0 aliphatic carbocycles. The van der Waals surface area contributed by atoms with Crippen LogP contribution < -0.4 is 10.2 Å². The second-order valence-electron chi connectivity index (χ2n) is 5.92. The Morgan fingerprint density at radius 2 is 2.29 bits per heavy atom. The number of hydrogen-bond acceptors (Lipinski definition) is 3. The minimum absolute atomic E-state index is 0.661. The van der Waals surface area contributed by atoms with Gasteiger partial charge in [-0.25, -0.2) is 0 Å². The van der Waals surface area contributed by atoms with Crippen LogP contribution in [0, 0.1) is 5.92 Å². The van der Waals surface area contributed by atoms with Crippen LogP contribution in [0.2, 0.25) is 0 Å². The molecule has 2 rings (SSSR count). The van der Waals surface area contributed by atoms with Crippen LogP contribution in [-0.4, -0.2) is 33.4 Å². The molecule has 1 saturated heterocycles. The van der Waals surface area contributed by atoms with E-state index in [1.165, 1.54) is 35.0 Å². The van der Waals surface area contributed by atoms with E-state index in [0.29, 0.717) is 5.92 Å². The highest BCUT2D eigenvalue weighted by molar-refractivity contribution is 9.10. The van der Waals surface area contributed by atoms with Crippen LogP contribution in [0.25, 0.3) is 0 Å². The number of ether oxygens (including phenoxy) is 1. The molecule has 0 amide bonds. The van der Waals surface area contributed by atoms with Crippen molar-refractivity contribution in [3.8, 4) is 0 Å². The Balaban J connectivity index is 1.91. The van der Waals surface area contributed by atoms with Gasteiger partial charge >= 0.3 is 0 Å². The van der Waals surface area contributed by atoms with Crippen LogP contribution in [0.5, 0.6) is 0 Å². The minimum atomic E-state index is 0.661. The molecular weight excluding hydrogens is 328 g/mol. The summed E-state index contributed by atoms with van der Waals surface area (Å²) in [5, 5.41) is 3.45. The van der Waals surface area contributed by atoms with Crippen molar-refractivity contribution in [3.63, 3.8) is 0 Å². The lowest BCUT2D eigenvalue weighted by molar-refractivity contribution is 0.0576. The van der Waals surface area contributed by atoms with Gasteiger partial charge in [0.25, 0.3) is 0 Å². The number of hydrogen-bond donors (Lipinski definition) is 1. The molecule has 0 spiro atoms. The second-order valence-corrected chi connectivity index (χ2v) is 6.77. The standard InChI is InChI=1S/C17H27BrN2O/c1-3-8-19-11-15-6-7-16(10-17(15)18)20(2)12-14-5-4-9-21-13-14/h6-7,10,14,19H,3-5,8-9,11-13H2,1-2H3. The van der Waals surface area contributed by atoms with Crippen LogP contribution in [-0.2, 0) is 11.3 Å². The SMILES string of the molecule is CCCNCc1ccc(N(C)CC2CCCOC2)cc1Br. The van der Waals surface area contributed by atoms with Gasteiger partial charge in [0.05, 0.1) is 6.61 Å². The predicted molar refractivity (Wildman–Crippen MR) is 93.0 cm³/mol. The molecule has 1 N–H and O–H groups in total. The molecule has 1 unspecified atom stereocenters. The lowest BCUT2D eigenvalue weighted by Crippen LogP contribution is -2.30. The van der Waals surface area contributed by atoms with E-state index in [9.17, 15) is 0 Å². The van der Waals surface area contributed by atoms with Crippen molar-refractivity contribution < 1.29 is 4.74 Å². The van der Waals surface area contributed by atoms with Gasteiger partial charge in [0, 0.05) is 36.9 Å². The van der Waals surface area contributed by atoms with Gasteiger partial charge in [0.1, 0.15) is 0 Å². The number of nitrogens with zero attached hydrogens (tertiary/aromatic N) is 1. The van der Waals surface area contributed by atoms with Gasteiger partial charge in [-0.05, 0) is 49.4 Å². The summed E-state index contributed by atoms with van der Waals surface area (Å²) in [6.45, 7) is 7.09. The topological polar surface area (TPSA) is 24.5 Å². The third-order valence-corrected chi connectivity index (χ3v) is 4.74. The zero-order chi connectivity index (χ0) is 15.1. The highest BCUT2D eigenvalue weighted by atomic mass is 79.9. The van der Waals surface area contributed by atoms with E-state index >= 15 is 0 Å². The maximum Gasteiger partial charge on any atom is 0.0511 e. The van der Waals surface area contributed by atoms with E-state index in [1.54, 1.807) is 0 Å². The molecule has 21 heavy (non-hydrogen) atoms. The molecule has 118 valence electrons. The molecule has 1 aliphatic heterocycles. The van der Waals surface area contributed by atoms with Gasteiger partial charge in [-0.2, -0.15) is 0 Å². The Hall–Kier alpha value is -0.580. The molecule has 0 bridgehead atoms. The molecule has 3 nitrogen and oxygen atoms in total. The molecule has 0 aromatic heterocycles. The summed E-state index contributed by atoms with van der Waals surface area (Å²) >= 11 is 3.70. The first-order valence-electron chi connectivity index (χ1n) is 7.98. The van der Waals surface area contributed by atoms with Gasteiger partial charge < -0.3 is 15.0 Å². The maximum atomic E-state index is 5.57. The Kier molecular flexibility index (Phi) is 7.00. The van der Waals surface area contributed by atoms with Crippen LogP contribution in [0.4, 0.5) is 5.69 Å². The lowest BCUT2D eigenvalue weighted by Gasteiger charge is -2.28. The van der Waals surface area contributed by atoms with Crippen molar-refractivity contribution in [2.45, 2.75) is 32.7 Å². The van der Waals surface area contributed by atoms with E-state index in [2.05, 4.69) is 58.3 Å². The highest BCUT2D eigenvalue weighted by Crippen LogP contribution is 2.25. The van der Waals surface area contributed by atoms with Crippen molar-refractivity contribution in [3.05, 3.63) is 28.2 Å². The van der Waals surface area contributed by atoms with E-state index in [4.69, 9.17) is 4.74 Å². The maximum absolute atomic E-state index is 5.57. The number of halogens is 1. The Morgan fingerprint density at radius 1 is 1.43 bits per heavy atom. The summed E-state index contributed by atoms with van der Waals surface area (Å²) in [4.78, 5) is 2.34. The molecule has 0 radical (unpaired) electrons. The fourth-order valence-electron chi connectivity index (χ4n) is 2.76. The molecular formula is C17H27BrN2O. The quantitative estimate of drug-likeness (QED) is 0.753. The molecule has 1 aromatic carbocycles. The van der Waals surface area contributed by atoms with Crippen LogP contribution in [0.15, 0.2) is 22.7 Å². The van der Waals surface area contributed by atoms with E-state index in [1.807, 2.05) is 0 Å². The average Bonchev–Trinajstić information content (AvgIpc) is 2.50. The zero-order valence-electron chi connectivity index (χ0n) is 13.2. The summed E-state index contributed by atoms with van der Waals surface area (Å²) < 4.78 is 6.76. The number of nitrogens with one attached hydrogen (secondary N) is 1. The normalized spacial score (nSPS) is 18.7. The number of benzene rings is 1. The van der Waals surface area contributed by atoms with Gasteiger partial charge in [-0.15, -0.1) is 0 Å². The van der Waals surface area contributed by atoms with Gasteiger partial charge in [-0.1, -0.05) is 28.9 Å². The molecule has 1 atom stereocenters. The first kappa shape index (κ1) is 16.8. The second kappa shape index (κ2) is 8.76. The van der Waals surface area contributed by atoms with Gasteiger partial charge in [0.15, 0.2) is 0 Å². The molecule has 1 aliphatic rings. The monoisotopic (exact) mass is 354 g/mol. The van der Waals surface area contributed by atoms with E-state index < -0.39 is 0 Å². The summed E-state index contributed by atoms with van der Waals surface area (Å²) in [6.07, 6.45) is 3.65. The Bertz CT molecular complexity index is 433. The third kappa shape index (κ3) is 5.28. The van der Waals surface area contributed by atoms with Crippen LogP contribution >= 0.6 is 15.9 Å². The van der Waals surface area contributed by atoms with Crippen LogP contribution in [0.3, 0.4) is 0 Å². The van der Waals surface area contributed by atoms with Crippen LogP contribution in [0.1, 0.15) is 31.7 Å². The van der Waals surface area contributed by atoms with E-state index in [0.717, 1.165) is 32.8 Å². The summed E-state index contributed by atoms with van der Waals surface area (Å²) in [5.74, 6) is 0.661. The molecule has 0 saturated carbocycles. The first-order valence-corrected chi connectivity index (χ1v) is 8.78.